The fraction of sp³-hybridized carbons (Fsp3) is 0.375. The van der Waals surface area contributed by atoms with Crippen molar-refractivity contribution in [3.05, 3.63) is 51.9 Å². The molecule has 1 aromatic heterocycles. The van der Waals surface area contributed by atoms with Crippen molar-refractivity contribution in [1.29, 1.82) is 0 Å². The van der Waals surface area contributed by atoms with Crippen LogP contribution in [0.4, 0.5) is 0 Å². The Hall–Kier alpha value is -1.26. The molecule has 0 spiro atoms. The van der Waals surface area contributed by atoms with Crippen molar-refractivity contribution in [3.8, 4) is 5.75 Å². The number of fused-ring (bicyclic) bond motifs is 1. The first-order valence-corrected chi connectivity index (χ1v) is 7.69. The third-order valence-corrected chi connectivity index (χ3v) is 4.62. The van der Waals surface area contributed by atoms with Crippen molar-refractivity contribution in [2.75, 3.05) is 7.11 Å². The zero-order chi connectivity index (χ0) is 13.9. The topological polar surface area (TPSA) is 34.4 Å². The van der Waals surface area contributed by atoms with E-state index < -0.39 is 0 Å². The van der Waals surface area contributed by atoms with Gasteiger partial charge in [0.25, 0.3) is 0 Å². The molecular weight excluding hydrogens is 318 g/mol. The fourth-order valence-corrected chi connectivity index (χ4v) is 3.13. The third kappa shape index (κ3) is 2.76. The van der Waals surface area contributed by atoms with Crippen molar-refractivity contribution in [2.24, 2.45) is 0 Å². The Balaban J connectivity index is 1.72. The van der Waals surface area contributed by atoms with Crippen LogP contribution in [0.2, 0.25) is 0 Å². The Morgan fingerprint density at radius 2 is 2.30 bits per heavy atom. The Kier molecular flexibility index (Phi) is 4.13. The molecule has 0 saturated heterocycles. The zero-order valence-corrected chi connectivity index (χ0v) is 13.1. The second-order valence-corrected chi connectivity index (χ2v) is 5.94. The number of furan rings is 1. The van der Waals surface area contributed by atoms with Crippen LogP contribution in [0, 0.1) is 0 Å². The summed E-state index contributed by atoms with van der Waals surface area (Å²) in [5.74, 6) is 2.02. The first-order valence-electron chi connectivity index (χ1n) is 6.90. The van der Waals surface area contributed by atoms with E-state index in [1.807, 2.05) is 12.1 Å². The van der Waals surface area contributed by atoms with Crippen LogP contribution in [0.5, 0.6) is 5.75 Å². The summed E-state index contributed by atoms with van der Waals surface area (Å²) in [6, 6.07) is 8.53. The molecule has 0 radical (unpaired) electrons. The highest BCUT2D eigenvalue weighted by Crippen LogP contribution is 2.31. The average molecular weight is 336 g/mol. The maximum atomic E-state index is 5.53. The van der Waals surface area contributed by atoms with Gasteiger partial charge in [0.05, 0.1) is 13.4 Å². The van der Waals surface area contributed by atoms with Crippen LogP contribution in [0.1, 0.15) is 35.8 Å². The predicted molar refractivity (Wildman–Crippen MR) is 81.9 cm³/mol. The summed E-state index contributed by atoms with van der Waals surface area (Å²) in [6.07, 6.45) is 5.20. The van der Waals surface area contributed by atoms with E-state index in [2.05, 4.69) is 33.4 Å². The van der Waals surface area contributed by atoms with Gasteiger partial charge in [-0.05, 0) is 42.7 Å². The van der Waals surface area contributed by atoms with Gasteiger partial charge < -0.3 is 14.5 Å². The fourth-order valence-electron chi connectivity index (χ4n) is 2.75. The molecule has 0 amide bonds. The Bertz CT molecular complexity index is 594. The molecule has 1 unspecified atom stereocenters. The van der Waals surface area contributed by atoms with Crippen LogP contribution >= 0.6 is 15.9 Å². The van der Waals surface area contributed by atoms with Crippen molar-refractivity contribution in [3.63, 3.8) is 0 Å². The molecule has 0 bridgehead atoms. The lowest BCUT2D eigenvalue weighted by Gasteiger charge is -2.23. The Morgan fingerprint density at radius 3 is 3.15 bits per heavy atom. The smallest absolute Gasteiger partial charge is 0.119 e. The number of aryl methyl sites for hydroxylation is 1. The predicted octanol–water partition coefficient (Wildman–Crippen LogP) is 4.22. The molecule has 20 heavy (non-hydrogen) atoms. The highest BCUT2D eigenvalue weighted by molar-refractivity contribution is 9.10. The minimum atomic E-state index is 0.385. The highest BCUT2D eigenvalue weighted by Gasteiger charge is 2.22. The lowest BCUT2D eigenvalue weighted by Crippen LogP contribution is -2.24. The summed E-state index contributed by atoms with van der Waals surface area (Å²) in [5, 5.41) is 3.63. The maximum Gasteiger partial charge on any atom is 0.119 e. The normalized spacial score (nSPS) is 17.8. The lowest BCUT2D eigenvalue weighted by atomic mass is 9.93. The minimum absolute atomic E-state index is 0.385. The standard InChI is InChI=1S/C16H18BrNO2/c1-19-12-5-6-14(17)11(9-12)10-18-15-3-2-4-16-13(15)7-8-20-16/h5-9,15,18H,2-4,10H2,1H3. The molecule has 0 aliphatic heterocycles. The van der Waals surface area contributed by atoms with Gasteiger partial charge in [-0.2, -0.15) is 0 Å². The van der Waals surface area contributed by atoms with Gasteiger partial charge in [-0.1, -0.05) is 15.9 Å². The van der Waals surface area contributed by atoms with Gasteiger partial charge in [0.15, 0.2) is 0 Å². The number of nitrogens with one attached hydrogen (secondary N) is 1. The summed E-state index contributed by atoms with van der Waals surface area (Å²) < 4.78 is 11.9. The summed E-state index contributed by atoms with van der Waals surface area (Å²) >= 11 is 3.59. The van der Waals surface area contributed by atoms with E-state index in [4.69, 9.17) is 9.15 Å². The zero-order valence-electron chi connectivity index (χ0n) is 11.5. The molecule has 106 valence electrons. The van der Waals surface area contributed by atoms with Gasteiger partial charge in [0, 0.05) is 29.0 Å². The number of halogens is 1. The summed E-state index contributed by atoms with van der Waals surface area (Å²) in [6.45, 7) is 0.813. The molecule has 1 N–H and O–H groups in total. The van der Waals surface area contributed by atoms with E-state index in [1.165, 1.54) is 17.5 Å². The molecule has 3 nitrogen and oxygen atoms in total. The van der Waals surface area contributed by atoms with E-state index >= 15 is 0 Å². The minimum Gasteiger partial charge on any atom is -0.497 e. The van der Waals surface area contributed by atoms with E-state index in [0.717, 1.165) is 35.4 Å². The number of hydrogen-bond acceptors (Lipinski definition) is 3. The van der Waals surface area contributed by atoms with Gasteiger partial charge in [-0.25, -0.2) is 0 Å². The maximum absolute atomic E-state index is 5.53. The van der Waals surface area contributed by atoms with Gasteiger partial charge in [-0.3, -0.25) is 0 Å². The van der Waals surface area contributed by atoms with Crippen molar-refractivity contribution in [1.82, 2.24) is 5.32 Å². The molecule has 1 heterocycles. The number of rotatable bonds is 4. The summed E-state index contributed by atoms with van der Waals surface area (Å²) in [7, 11) is 1.69. The molecule has 1 aliphatic rings. The van der Waals surface area contributed by atoms with E-state index in [9.17, 15) is 0 Å². The van der Waals surface area contributed by atoms with E-state index in [-0.39, 0.29) is 0 Å². The molecule has 2 aromatic rings. The van der Waals surface area contributed by atoms with Crippen LogP contribution in [0.25, 0.3) is 0 Å². The van der Waals surface area contributed by atoms with E-state index in [0.29, 0.717) is 6.04 Å². The van der Waals surface area contributed by atoms with Gasteiger partial charge in [0.2, 0.25) is 0 Å². The molecule has 3 rings (SSSR count). The van der Waals surface area contributed by atoms with Gasteiger partial charge in [-0.15, -0.1) is 0 Å². The van der Waals surface area contributed by atoms with Crippen LogP contribution in [-0.2, 0) is 13.0 Å². The first kappa shape index (κ1) is 13.7. The third-order valence-electron chi connectivity index (χ3n) is 3.84. The monoisotopic (exact) mass is 335 g/mol. The molecule has 0 fully saturated rings. The average Bonchev–Trinajstić information content (AvgIpc) is 2.95. The molecule has 4 heteroatoms. The van der Waals surface area contributed by atoms with Gasteiger partial charge in [0.1, 0.15) is 11.5 Å². The van der Waals surface area contributed by atoms with Crippen molar-refractivity contribution in [2.45, 2.75) is 31.8 Å². The van der Waals surface area contributed by atoms with Crippen LogP contribution < -0.4 is 10.1 Å². The second kappa shape index (κ2) is 6.02. The number of ether oxygens (including phenoxy) is 1. The SMILES string of the molecule is COc1ccc(Br)c(CNC2CCCc3occc32)c1. The Labute approximate surface area is 127 Å². The van der Waals surface area contributed by atoms with Crippen LogP contribution in [0.3, 0.4) is 0 Å². The molecular formula is C16H18BrNO2. The molecule has 0 saturated carbocycles. The molecule has 1 aromatic carbocycles. The number of benzene rings is 1. The lowest BCUT2D eigenvalue weighted by molar-refractivity contribution is 0.406. The van der Waals surface area contributed by atoms with E-state index in [1.54, 1.807) is 13.4 Å². The highest BCUT2D eigenvalue weighted by atomic mass is 79.9. The second-order valence-electron chi connectivity index (χ2n) is 5.08. The van der Waals surface area contributed by atoms with Crippen LogP contribution in [0.15, 0.2) is 39.4 Å². The largest absolute Gasteiger partial charge is 0.497 e. The van der Waals surface area contributed by atoms with Crippen molar-refractivity contribution >= 4 is 15.9 Å². The molecule has 1 atom stereocenters. The van der Waals surface area contributed by atoms with Gasteiger partial charge >= 0.3 is 0 Å². The first-order chi connectivity index (χ1) is 9.78. The Morgan fingerprint density at radius 1 is 1.40 bits per heavy atom. The summed E-state index contributed by atoms with van der Waals surface area (Å²) in [4.78, 5) is 0. The summed E-state index contributed by atoms with van der Waals surface area (Å²) in [5.41, 5.74) is 2.52. The van der Waals surface area contributed by atoms with Crippen molar-refractivity contribution < 1.29 is 9.15 Å². The molecule has 1 aliphatic carbocycles. The number of methoxy groups -OCH3 is 1. The quantitative estimate of drug-likeness (QED) is 0.908. The van der Waals surface area contributed by atoms with Crippen LogP contribution in [-0.4, -0.2) is 7.11 Å². The number of hydrogen-bond donors (Lipinski definition) is 1.